The Balaban J connectivity index is 1.64. The van der Waals surface area contributed by atoms with Gasteiger partial charge in [0.1, 0.15) is 12.4 Å². The van der Waals surface area contributed by atoms with Crippen molar-refractivity contribution < 1.29 is 4.74 Å². The molecular formula is C27H32N2O. The molecule has 1 heterocycles. The van der Waals surface area contributed by atoms with Crippen LogP contribution < -0.4 is 10.1 Å². The molecule has 0 saturated carbocycles. The van der Waals surface area contributed by atoms with Crippen LogP contribution in [0.15, 0.2) is 72.8 Å². The van der Waals surface area contributed by atoms with Crippen molar-refractivity contribution in [3.05, 3.63) is 101 Å². The average Bonchev–Trinajstić information content (AvgIpc) is 3.02. The van der Waals surface area contributed by atoms with Crippen LogP contribution >= 0.6 is 0 Å². The van der Waals surface area contributed by atoms with Crippen LogP contribution in [0.1, 0.15) is 40.3 Å². The molecule has 0 aliphatic carbocycles. The van der Waals surface area contributed by atoms with E-state index in [0.717, 1.165) is 31.9 Å². The zero-order valence-corrected chi connectivity index (χ0v) is 18.1. The van der Waals surface area contributed by atoms with Crippen LogP contribution in [-0.2, 0) is 6.61 Å². The van der Waals surface area contributed by atoms with Gasteiger partial charge < -0.3 is 10.1 Å². The number of rotatable bonds is 6. The molecule has 4 rings (SSSR count). The van der Waals surface area contributed by atoms with Crippen LogP contribution in [0, 0.1) is 13.8 Å². The Morgan fingerprint density at radius 2 is 1.63 bits per heavy atom. The van der Waals surface area contributed by atoms with Crippen LogP contribution in [0.2, 0.25) is 0 Å². The monoisotopic (exact) mass is 400 g/mol. The Morgan fingerprint density at radius 1 is 0.833 bits per heavy atom. The van der Waals surface area contributed by atoms with Crippen molar-refractivity contribution in [2.45, 2.75) is 32.9 Å². The SMILES string of the molecule is Cc1cc(C)cc(C(c2cccc(OCc3ccccc3)c2)N2CCCNCC2)c1. The molecule has 1 N–H and O–H groups in total. The molecule has 3 aromatic rings. The minimum atomic E-state index is 0.240. The van der Waals surface area contributed by atoms with Crippen LogP contribution in [-0.4, -0.2) is 31.1 Å². The molecule has 30 heavy (non-hydrogen) atoms. The third-order valence-electron chi connectivity index (χ3n) is 5.72. The second-order valence-electron chi connectivity index (χ2n) is 8.31. The van der Waals surface area contributed by atoms with Gasteiger partial charge in [-0.25, -0.2) is 0 Å². The van der Waals surface area contributed by atoms with Crippen LogP contribution in [0.25, 0.3) is 0 Å². The van der Waals surface area contributed by atoms with E-state index in [0.29, 0.717) is 6.61 Å². The molecule has 3 aromatic carbocycles. The van der Waals surface area contributed by atoms with E-state index in [9.17, 15) is 0 Å². The molecule has 1 aliphatic rings. The van der Waals surface area contributed by atoms with Crippen LogP contribution in [0.4, 0.5) is 0 Å². The predicted molar refractivity (Wildman–Crippen MR) is 124 cm³/mol. The highest BCUT2D eigenvalue weighted by molar-refractivity contribution is 5.40. The fraction of sp³-hybridized carbons (Fsp3) is 0.333. The van der Waals surface area contributed by atoms with Gasteiger partial charge in [-0.2, -0.15) is 0 Å². The first-order valence-corrected chi connectivity index (χ1v) is 11.0. The Kier molecular flexibility index (Phi) is 6.83. The van der Waals surface area contributed by atoms with E-state index in [1.165, 1.54) is 34.2 Å². The van der Waals surface area contributed by atoms with Gasteiger partial charge in [-0.1, -0.05) is 71.8 Å². The Bertz CT molecular complexity index is 926. The van der Waals surface area contributed by atoms with Crippen molar-refractivity contribution in [2.75, 3.05) is 26.2 Å². The van der Waals surface area contributed by atoms with Gasteiger partial charge in [-0.15, -0.1) is 0 Å². The number of nitrogens with one attached hydrogen (secondary N) is 1. The first kappa shape index (κ1) is 20.6. The smallest absolute Gasteiger partial charge is 0.120 e. The lowest BCUT2D eigenvalue weighted by Crippen LogP contribution is -2.33. The minimum Gasteiger partial charge on any atom is -0.489 e. The summed E-state index contributed by atoms with van der Waals surface area (Å²) in [4.78, 5) is 2.62. The summed E-state index contributed by atoms with van der Waals surface area (Å²) in [6.07, 6.45) is 1.17. The van der Waals surface area contributed by atoms with E-state index < -0.39 is 0 Å². The molecule has 1 fully saturated rings. The van der Waals surface area contributed by atoms with Gasteiger partial charge in [0.05, 0.1) is 6.04 Å². The highest BCUT2D eigenvalue weighted by atomic mass is 16.5. The van der Waals surface area contributed by atoms with Gasteiger partial charge in [-0.05, 0) is 55.6 Å². The van der Waals surface area contributed by atoms with Gasteiger partial charge in [0.25, 0.3) is 0 Å². The maximum Gasteiger partial charge on any atom is 0.120 e. The second-order valence-corrected chi connectivity index (χ2v) is 8.31. The summed E-state index contributed by atoms with van der Waals surface area (Å²) in [7, 11) is 0. The molecule has 0 aromatic heterocycles. The summed E-state index contributed by atoms with van der Waals surface area (Å²) in [5.74, 6) is 0.929. The van der Waals surface area contributed by atoms with Crippen molar-refractivity contribution in [1.82, 2.24) is 10.2 Å². The number of hydrogen-bond acceptors (Lipinski definition) is 3. The van der Waals surface area contributed by atoms with Crippen LogP contribution in [0.5, 0.6) is 5.75 Å². The molecule has 3 nitrogen and oxygen atoms in total. The Labute approximate surface area is 180 Å². The molecule has 1 aliphatic heterocycles. The van der Waals surface area contributed by atoms with Gasteiger partial charge in [0.15, 0.2) is 0 Å². The van der Waals surface area contributed by atoms with Gasteiger partial charge in [0.2, 0.25) is 0 Å². The van der Waals surface area contributed by atoms with Gasteiger partial charge >= 0.3 is 0 Å². The zero-order valence-electron chi connectivity index (χ0n) is 18.1. The van der Waals surface area contributed by atoms with Crippen molar-refractivity contribution >= 4 is 0 Å². The molecule has 1 unspecified atom stereocenters. The lowest BCUT2D eigenvalue weighted by atomic mass is 9.94. The zero-order chi connectivity index (χ0) is 20.8. The lowest BCUT2D eigenvalue weighted by Gasteiger charge is -2.32. The first-order chi connectivity index (χ1) is 14.7. The fourth-order valence-corrected chi connectivity index (χ4v) is 4.42. The standard InChI is InChI=1S/C27H32N2O/c1-21-16-22(2)18-25(17-21)27(29-14-7-12-28-13-15-29)24-10-6-11-26(19-24)30-20-23-8-4-3-5-9-23/h3-6,8-11,16-19,27-28H,7,12-15,20H2,1-2H3. The number of nitrogens with zero attached hydrogens (tertiary/aromatic N) is 1. The summed E-state index contributed by atoms with van der Waals surface area (Å²) in [5, 5.41) is 3.54. The highest BCUT2D eigenvalue weighted by Crippen LogP contribution is 2.32. The number of benzene rings is 3. The van der Waals surface area contributed by atoms with Gasteiger partial charge in [-0.3, -0.25) is 4.90 Å². The maximum absolute atomic E-state index is 6.15. The van der Waals surface area contributed by atoms with E-state index in [2.05, 4.69) is 90.8 Å². The van der Waals surface area contributed by atoms with Crippen molar-refractivity contribution in [3.63, 3.8) is 0 Å². The second kappa shape index (κ2) is 9.92. The Morgan fingerprint density at radius 3 is 2.43 bits per heavy atom. The molecule has 1 saturated heterocycles. The van der Waals surface area contributed by atoms with E-state index in [1.54, 1.807) is 0 Å². The molecular weight excluding hydrogens is 368 g/mol. The molecule has 0 amide bonds. The molecule has 1 atom stereocenters. The number of aryl methyl sites for hydroxylation is 2. The predicted octanol–water partition coefficient (Wildman–Crippen LogP) is 5.27. The molecule has 3 heteroatoms. The summed E-state index contributed by atoms with van der Waals surface area (Å²) in [6, 6.07) is 26.2. The normalized spacial score (nSPS) is 16.1. The van der Waals surface area contributed by atoms with Crippen molar-refractivity contribution in [3.8, 4) is 5.75 Å². The Hall–Kier alpha value is -2.62. The molecule has 0 radical (unpaired) electrons. The van der Waals surface area contributed by atoms with Crippen LogP contribution in [0.3, 0.4) is 0 Å². The molecule has 156 valence electrons. The van der Waals surface area contributed by atoms with E-state index in [-0.39, 0.29) is 6.04 Å². The number of hydrogen-bond donors (Lipinski definition) is 1. The summed E-state index contributed by atoms with van der Waals surface area (Å²) >= 11 is 0. The molecule has 0 bridgehead atoms. The van der Waals surface area contributed by atoms with E-state index >= 15 is 0 Å². The fourth-order valence-electron chi connectivity index (χ4n) is 4.42. The quantitative estimate of drug-likeness (QED) is 0.610. The van der Waals surface area contributed by atoms with Crippen molar-refractivity contribution in [1.29, 1.82) is 0 Å². The first-order valence-electron chi connectivity index (χ1n) is 11.0. The van der Waals surface area contributed by atoms with Crippen molar-refractivity contribution in [2.24, 2.45) is 0 Å². The summed E-state index contributed by atoms with van der Waals surface area (Å²) in [5.41, 5.74) is 6.49. The minimum absolute atomic E-state index is 0.240. The number of ether oxygens (including phenoxy) is 1. The van der Waals surface area contributed by atoms with E-state index in [4.69, 9.17) is 4.74 Å². The van der Waals surface area contributed by atoms with Gasteiger partial charge in [0, 0.05) is 19.6 Å². The third-order valence-corrected chi connectivity index (χ3v) is 5.72. The third kappa shape index (κ3) is 5.29. The molecule has 0 spiro atoms. The highest BCUT2D eigenvalue weighted by Gasteiger charge is 2.24. The largest absolute Gasteiger partial charge is 0.489 e. The average molecular weight is 401 g/mol. The maximum atomic E-state index is 6.15. The summed E-state index contributed by atoms with van der Waals surface area (Å²) < 4.78 is 6.15. The topological polar surface area (TPSA) is 24.5 Å². The van der Waals surface area contributed by atoms with E-state index in [1.807, 2.05) is 6.07 Å². The lowest BCUT2D eigenvalue weighted by molar-refractivity contribution is 0.240. The summed E-state index contributed by atoms with van der Waals surface area (Å²) in [6.45, 7) is 9.24.